The summed E-state index contributed by atoms with van der Waals surface area (Å²) in [7, 11) is 0. The first kappa shape index (κ1) is 12.0. The number of ether oxygens (including phenoxy) is 1. The second kappa shape index (κ2) is 7.23. The molecule has 0 heterocycles. The Labute approximate surface area is 96.0 Å². The van der Waals surface area contributed by atoms with Crippen molar-refractivity contribution >= 4 is 6.72 Å². The van der Waals surface area contributed by atoms with Gasteiger partial charge in [0.2, 0.25) is 0 Å². The normalized spacial score (nSPS) is 8.75. The lowest BCUT2D eigenvalue weighted by Gasteiger charge is -2.05. The van der Waals surface area contributed by atoms with Gasteiger partial charge in [-0.25, -0.2) is 0 Å². The van der Waals surface area contributed by atoms with Crippen molar-refractivity contribution in [1.82, 2.24) is 0 Å². The monoisotopic (exact) mass is 213 g/mol. The molecule has 0 aromatic heterocycles. The molecular formula is C14H15NO. The highest BCUT2D eigenvalue weighted by Crippen LogP contribution is 2.10. The zero-order valence-electron chi connectivity index (χ0n) is 9.10. The first-order valence-corrected chi connectivity index (χ1v) is 5.02. The molecule has 0 saturated carbocycles. The predicted molar refractivity (Wildman–Crippen MR) is 67.1 cm³/mol. The van der Waals surface area contributed by atoms with Crippen molar-refractivity contribution in [3.8, 4) is 5.75 Å². The molecule has 2 rings (SSSR count). The van der Waals surface area contributed by atoms with Crippen LogP contribution in [0.2, 0.25) is 0 Å². The first-order chi connectivity index (χ1) is 7.95. The van der Waals surface area contributed by atoms with E-state index < -0.39 is 0 Å². The highest BCUT2D eigenvalue weighted by molar-refractivity contribution is 5.22. The van der Waals surface area contributed by atoms with E-state index in [2.05, 4.69) is 18.9 Å². The Bertz CT molecular complexity index is 346. The number of rotatable bonds is 3. The van der Waals surface area contributed by atoms with Crippen LogP contribution in [-0.2, 0) is 6.61 Å². The van der Waals surface area contributed by atoms with Gasteiger partial charge in [-0.3, -0.25) is 0 Å². The lowest BCUT2D eigenvalue weighted by molar-refractivity contribution is 0.306. The quantitative estimate of drug-likeness (QED) is 0.777. The molecule has 16 heavy (non-hydrogen) atoms. The molecule has 0 amide bonds. The molecule has 1 N–H and O–H groups in total. The second-order valence-electron chi connectivity index (χ2n) is 3.09. The van der Waals surface area contributed by atoms with Gasteiger partial charge in [0.15, 0.2) is 0 Å². The molecule has 0 aliphatic rings. The average molecular weight is 213 g/mol. The van der Waals surface area contributed by atoms with Crippen LogP contribution in [0.5, 0.6) is 5.75 Å². The van der Waals surface area contributed by atoms with Crippen LogP contribution in [0.4, 0.5) is 0 Å². The Kier molecular flexibility index (Phi) is 5.42. The van der Waals surface area contributed by atoms with Gasteiger partial charge in [0.05, 0.1) is 0 Å². The smallest absolute Gasteiger partial charge is 0.119 e. The van der Waals surface area contributed by atoms with E-state index in [1.165, 1.54) is 5.56 Å². The molecule has 82 valence electrons. The predicted octanol–water partition coefficient (Wildman–Crippen LogP) is 3.53. The van der Waals surface area contributed by atoms with E-state index in [0.29, 0.717) is 6.61 Å². The van der Waals surface area contributed by atoms with Crippen molar-refractivity contribution < 1.29 is 4.74 Å². The van der Waals surface area contributed by atoms with E-state index in [-0.39, 0.29) is 0 Å². The summed E-state index contributed by atoms with van der Waals surface area (Å²) < 4.78 is 5.59. The molecule has 0 unspecified atom stereocenters. The maximum absolute atomic E-state index is 5.59. The minimum atomic E-state index is 0.630. The standard InChI is InChI=1S/C13H12O.CH3N/c1-3-7-12(8-4-1)11-14-13-9-5-2-6-10-13;1-2/h1-10H,11H2;2H,1H2. The topological polar surface area (TPSA) is 33.1 Å². The summed E-state index contributed by atoms with van der Waals surface area (Å²) in [5, 5.41) is 5.50. The number of hydrogen-bond donors (Lipinski definition) is 1. The number of hydrogen-bond acceptors (Lipinski definition) is 2. The molecule has 0 saturated heterocycles. The highest BCUT2D eigenvalue weighted by atomic mass is 16.5. The van der Waals surface area contributed by atoms with Crippen molar-refractivity contribution in [3.63, 3.8) is 0 Å². The average Bonchev–Trinajstić information content (AvgIpc) is 2.41. The molecule has 2 aromatic rings. The molecule has 0 bridgehead atoms. The van der Waals surface area contributed by atoms with Gasteiger partial charge >= 0.3 is 0 Å². The van der Waals surface area contributed by atoms with Gasteiger partial charge in [0.1, 0.15) is 12.4 Å². The number of benzene rings is 2. The molecule has 0 spiro atoms. The third-order valence-electron chi connectivity index (χ3n) is 1.99. The third-order valence-corrected chi connectivity index (χ3v) is 1.99. The molecule has 2 nitrogen and oxygen atoms in total. The Morgan fingerprint density at radius 1 is 0.812 bits per heavy atom. The summed E-state index contributed by atoms with van der Waals surface area (Å²) in [6, 6.07) is 20.0. The van der Waals surface area contributed by atoms with Gasteiger partial charge in [-0.1, -0.05) is 48.5 Å². The largest absolute Gasteiger partial charge is 0.489 e. The lowest BCUT2D eigenvalue weighted by Crippen LogP contribution is -1.94. The van der Waals surface area contributed by atoms with E-state index in [1.54, 1.807) is 0 Å². The van der Waals surface area contributed by atoms with Gasteiger partial charge in [-0.15, -0.1) is 0 Å². The molecule has 0 fully saturated rings. The lowest BCUT2D eigenvalue weighted by atomic mass is 10.2. The Morgan fingerprint density at radius 2 is 1.31 bits per heavy atom. The minimum absolute atomic E-state index is 0.630. The fourth-order valence-corrected chi connectivity index (χ4v) is 1.26. The van der Waals surface area contributed by atoms with E-state index in [9.17, 15) is 0 Å². The van der Waals surface area contributed by atoms with Crippen molar-refractivity contribution in [2.24, 2.45) is 0 Å². The van der Waals surface area contributed by atoms with Crippen molar-refractivity contribution in [3.05, 3.63) is 66.2 Å². The summed E-state index contributed by atoms with van der Waals surface area (Å²) in [6.45, 7) is 3.13. The van der Waals surface area contributed by atoms with E-state index in [1.807, 2.05) is 48.5 Å². The van der Waals surface area contributed by atoms with Crippen LogP contribution in [0.1, 0.15) is 5.56 Å². The van der Waals surface area contributed by atoms with Gasteiger partial charge in [-0.05, 0) is 24.4 Å². The van der Waals surface area contributed by atoms with Crippen LogP contribution >= 0.6 is 0 Å². The van der Waals surface area contributed by atoms with Crippen LogP contribution in [-0.4, -0.2) is 6.72 Å². The van der Waals surface area contributed by atoms with Gasteiger partial charge in [-0.2, -0.15) is 0 Å². The van der Waals surface area contributed by atoms with Crippen LogP contribution in [0.15, 0.2) is 60.7 Å². The molecule has 0 radical (unpaired) electrons. The Hall–Kier alpha value is -2.09. The van der Waals surface area contributed by atoms with E-state index >= 15 is 0 Å². The Morgan fingerprint density at radius 3 is 1.88 bits per heavy atom. The first-order valence-electron chi connectivity index (χ1n) is 5.02. The van der Waals surface area contributed by atoms with Gasteiger partial charge in [0, 0.05) is 0 Å². The number of para-hydroxylation sites is 1. The van der Waals surface area contributed by atoms with Crippen LogP contribution < -0.4 is 4.74 Å². The molecule has 2 aromatic carbocycles. The summed E-state index contributed by atoms with van der Waals surface area (Å²) >= 11 is 0. The van der Waals surface area contributed by atoms with Crippen LogP contribution in [0.25, 0.3) is 0 Å². The van der Waals surface area contributed by atoms with Crippen LogP contribution in [0, 0.1) is 5.41 Å². The summed E-state index contributed by atoms with van der Waals surface area (Å²) in [5.41, 5.74) is 1.19. The summed E-state index contributed by atoms with van der Waals surface area (Å²) in [6.07, 6.45) is 0. The van der Waals surface area contributed by atoms with Crippen LogP contribution in [0.3, 0.4) is 0 Å². The molecule has 2 heteroatoms. The summed E-state index contributed by atoms with van der Waals surface area (Å²) in [4.78, 5) is 0. The zero-order chi connectivity index (χ0) is 11.6. The van der Waals surface area contributed by atoms with Crippen molar-refractivity contribution in [1.29, 1.82) is 5.41 Å². The molecule has 0 atom stereocenters. The van der Waals surface area contributed by atoms with Crippen molar-refractivity contribution in [2.75, 3.05) is 0 Å². The Balaban J connectivity index is 0.000000606. The minimum Gasteiger partial charge on any atom is -0.489 e. The molecular weight excluding hydrogens is 198 g/mol. The maximum atomic E-state index is 5.59. The number of nitrogens with one attached hydrogen (secondary N) is 1. The van der Waals surface area contributed by atoms with Gasteiger partial charge < -0.3 is 10.1 Å². The fraction of sp³-hybridized carbons (Fsp3) is 0.0714. The van der Waals surface area contributed by atoms with Gasteiger partial charge in [0.25, 0.3) is 0 Å². The third kappa shape index (κ3) is 3.96. The second-order valence-corrected chi connectivity index (χ2v) is 3.09. The van der Waals surface area contributed by atoms with E-state index in [4.69, 9.17) is 10.1 Å². The zero-order valence-corrected chi connectivity index (χ0v) is 9.10. The highest BCUT2D eigenvalue weighted by Gasteiger charge is 1.92. The summed E-state index contributed by atoms with van der Waals surface area (Å²) in [5.74, 6) is 0.913. The van der Waals surface area contributed by atoms with E-state index in [0.717, 1.165) is 5.75 Å². The fourth-order valence-electron chi connectivity index (χ4n) is 1.26. The van der Waals surface area contributed by atoms with Crippen molar-refractivity contribution in [2.45, 2.75) is 6.61 Å². The molecule has 0 aliphatic heterocycles. The molecule has 0 aliphatic carbocycles. The SMILES string of the molecule is C=N.c1ccc(COc2ccccc2)cc1. The maximum Gasteiger partial charge on any atom is 0.119 e.